The zero-order valence-corrected chi connectivity index (χ0v) is 11.8. The van der Waals surface area contributed by atoms with Gasteiger partial charge in [0, 0.05) is 0 Å². The molecule has 0 saturated heterocycles. The van der Waals surface area contributed by atoms with Crippen molar-refractivity contribution in [2.24, 2.45) is 0 Å². The van der Waals surface area contributed by atoms with Crippen molar-refractivity contribution in [3.63, 3.8) is 0 Å². The molecule has 2 aromatic carbocycles. The summed E-state index contributed by atoms with van der Waals surface area (Å²) in [5.74, 6) is 0. The van der Waals surface area contributed by atoms with E-state index in [1.165, 1.54) is 5.56 Å². The Morgan fingerprint density at radius 2 is 1.24 bits per heavy atom. The summed E-state index contributed by atoms with van der Waals surface area (Å²) in [4.78, 5) is 0. The van der Waals surface area contributed by atoms with Gasteiger partial charge in [-0.1, -0.05) is 72.9 Å². The maximum atomic E-state index is 5.96. The molecular weight excluding hydrogens is 251 g/mol. The fraction of sp³-hybridized carbons (Fsp3) is 0.200. The Morgan fingerprint density at radius 1 is 0.706 bits per heavy atom. The predicted molar refractivity (Wildman–Crippen MR) is 78.0 cm³/mol. The van der Waals surface area contributed by atoms with Crippen LogP contribution in [0.1, 0.15) is 19.4 Å². The van der Waals surface area contributed by atoms with Gasteiger partial charge in [-0.15, -0.1) is 0 Å². The molecule has 0 spiro atoms. The van der Waals surface area contributed by atoms with Crippen molar-refractivity contribution in [1.82, 2.24) is 0 Å². The van der Waals surface area contributed by atoms with E-state index in [0.717, 1.165) is 11.1 Å². The smallest absolute Gasteiger partial charge is 0.0598 e. The third-order valence-electron chi connectivity index (χ3n) is 2.30. The van der Waals surface area contributed by atoms with Crippen molar-refractivity contribution < 1.29 is 0 Å². The van der Waals surface area contributed by atoms with Gasteiger partial charge < -0.3 is 0 Å². The van der Waals surface area contributed by atoms with Gasteiger partial charge in [0.2, 0.25) is 0 Å². The highest BCUT2D eigenvalue weighted by atomic mass is 35.5. The molecule has 2 aromatic rings. The number of aryl methyl sites for hydroxylation is 1. The summed E-state index contributed by atoms with van der Waals surface area (Å²) in [6, 6.07) is 14.0. The van der Waals surface area contributed by atoms with Gasteiger partial charge >= 0.3 is 0 Å². The summed E-state index contributed by atoms with van der Waals surface area (Å²) in [5, 5.41) is 1.18. The van der Waals surface area contributed by atoms with Gasteiger partial charge in [-0.05, 0) is 30.2 Å². The maximum Gasteiger partial charge on any atom is 0.0598 e. The van der Waals surface area contributed by atoms with Crippen LogP contribution < -0.4 is 0 Å². The summed E-state index contributed by atoms with van der Waals surface area (Å²) < 4.78 is 0. The predicted octanol–water partition coefficient (Wildman–Crippen LogP) is 6.00. The summed E-state index contributed by atoms with van der Waals surface area (Å²) in [6.07, 6.45) is 0. The van der Waals surface area contributed by atoms with E-state index in [9.17, 15) is 0 Å². The van der Waals surface area contributed by atoms with Crippen molar-refractivity contribution in [1.29, 1.82) is 0 Å². The van der Waals surface area contributed by atoms with Crippen LogP contribution in [-0.4, -0.2) is 0 Å². The first-order chi connectivity index (χ1) is 8.16. The van der Waals surface area contributed by atoms with E-state index < -0.39 is 0 Å². The number of rotatable bonds is 1. The van der Waals surface area contributed by atoms with E-state index in [-0.39, 0.29) is 0 Å². The molecule has 0 atom stereocenters. The number of hydrogen-bond donors (Lipinski definition) is 0. The van der Waals surface area contributed by atoms with Crippen LogP contribution >= 0.6 is 23.2 Å². The van der Waals surface area contributed by atoms with Crippen LogP contribution in [-0.2, 0) is 0 Å². The molecule has 0 saturated carbocycles. The van der Waals surface area contributed by atoms with Gasteiger partial charge in [-0.2, -0.15) is 0 Å². The highest BCUT2D eigenvalue weighted by molar-refractivity contribution is 6.42. The standard InChI is InChI=1S/C13H10Cl2.C2H6/c1-9-2-4-10(5-3-9)11-6-7-12(14)13(15)8-11;1-2/h2-8H,1H3;1-2H3. The second-order valence-electron chi connectivity index (χ2n) is 3.49. The lowest BCUT2D eigenvalue weighted by molar-refractivity contribution is 1.47. The monoisotopic (exact) mass is 266 g/mol. The normalized spacial score (nSPS) is 9.47. The molecule has 2 heteroatoms. The molecule has 0 radical (unpaired) electrons. The Balaban J connectivity index is 0.000000686. The van der Waals surface area contributed by atoms with Crippen LogP contribution in [0.2, 0.25) is 10.0 Å². The van der Waals surface area contributed by atoms with Gasteiger partial charge in [-0.25, -0.2) is 0 Å². The number of hydrogen-bond acceptors (Lipinski definition) is 0. The third-order valence-corrected chi connectivity index (χ3v) is 3.04. The zero-order valence-electron chi connectivity index (χ0n) is 10.3. The van der Waals surface area contributed by atoms with E-state index in [0.29, 0.717) is 10.0 Å². The first-order valence-electron chi connectivity index (χ1n) is 5.69. The van der Waals surface area contributed by atoms with Crippen molar-refractivity contribution in [2.75, 3.05) is 0 Å². The lowest BCUT2D eigenvalue weighted by atomic mass is 10.0. The maximum absolute atomic E-state index is 5.96. The quantitative estimate of drug-likeness (QED) is 0.594. The molecule has 0 unspecified atom stereocenters. The van der Waals surface area contributed by atoms with E-state index in [1.807, 2.05) is 32.0 Å². The fourth-order valence-corrected chi connectivity index (χ4v) is 1.72. The van der Waals surface area contributed by atoms with Crippen LogP contribution in [0.5, 0.6) is 0 Å². The summed E-state index contributed by atoms with van der Waals surface area (Å²) >= 11 is 11.8. The van der Waals surface area contributed by atoms with Crippen molar-refractivity contribution >= 4 is 23.2 Å². The molecule has 0 aliphatic carbocycles. The van der Waals surface area contributed by atoms with E-state index in [4.69, 9.17) is 23.2 Å². The Labute approximate surface area is 113 Å². The van der Waals surface area contributed by atoms with E-state index in [2.05, 4.69) is 31.2 Å². The molecule has 0 bridgehead atoms. The minimum atomic E-state index is 0.590. The molecule has 0 aliphatic heterocycles. The summed E-state index contributed by atoms with van der Waals surface area (Å²) in [5.41, 5.74) is 3.49. The number of benzene rings is 2. The molecule has 2 rings (SSSR count). The topological polar surface area (TPSA) is 0 Å². The second kappa shape index (κ2) is 6.68. The lowest BCUT2D eigenvalue weighted by Gasteiger charge is -2.03. The average Bonchev–Trinajstić information content (AvgIpc) is 2.36. The molecular formula is C15H16Cl2. The molecule has 17 heavy (non-hydrogen) atoms. The lowest BCUT2D eigenvalue weighted by Crippen LogP contribution is -1.79. The third kappa shape index (κ3) is 3.76. The minimum absolute atomic E-state index is 0.590. The molecule has 0 aliphatic rings. The second-order valence-corrected chi connectivity index (χ2v) is 4.31. The Morgan fingerprint density at radius 3 is 1.76 bits per heavy atom. The van der Waals surface area contributed by atoms with Crippen molar-refractivity contribution in [3.8, 4) is 11.1 Å². The average molecular weight is 267 g/mol. The van der Waals surface area contributed by atoms with Gasteiger partial charge in [-0.3, -0.25) is 0 Å². The van der Waals surface area contributed by atoms with Crippen molar-refractivity contribution in [3.05, 3.63) is 58.1 Å². The SMILES string of the molecule is CC.Cc1ccc(-c2ccc(Cl)c(Cl)c2)cc1. The van der Waals surface area contributed by atoms with Crippen LogP contribution in [0.4, 0.5) is 0 Å². The molecule has 0 heterocycles. The summed E-state index contributed by atoms with van der Waals surface area (Å²) in [6.45, 7) is 6.07. The van der Waals surface area contributed by atoms with Gasteiger partial charge in [0.05, 0.1) is 10.0 Å². The Bertz CT molecular complexity index is 473. The first-order valence-corrected chi connectivity index (χ1v) is 6.44. The Hall–Kier alpha value is -0.980. The highest BCUT2D eigenvalue weighted by Gasteiger charge is 2.01. The molecule has 0 aromatic heterocycles. The van der Waals surface area contributed by atoms with Gasteiger partial charge in [0.25, 0.3) is 0 Å². The highest BCUT2D eigenvalue weighted by Crippen LogP contribution is 2.28. The minimum Gasteiger partial charge on any atom is -0.0827 e. The van der Waals surface area contributed by atoms with Crippen LogP contribution in [0.15, 0.2) is 42.5 Å². The molecule has 0 fully saturated rings. The van der Waals surface area contributed by atoms with Crippen LogP contribution in [0.25, 0.3) is 11.1 Å². The molecule has 0 N–H and O–H groups in total. The molecule has 0 amide bonds. The van der Waals surface area contributed by atoms with Gasteiger partial charge in [0.15, 0.2) is 0 Å². The van der Waals surface area contributed by atoms with Gasteiger partial charge in [0.1, 0.15) is 0 Å². The Kier molecular flexibility index (Phi) is 5.54. The van der Waals surface area contributed by atoms with Crippen LogP contribution in [0, 0.1) is 6.92 Å². The zero-order chi connectivity index (χ0) is 12.8. The fourth-order valence-electron chi connectivity index (χ4n) is 1.42. The molecule has 0 nitrogen and oxygen atoms in total. The van der Waals surface area contributed by atoms with E-state index >= 15 is 0 Å². The molecule has 90 valence electrons. The largest absolute Gasteiger partial charge is 0.0827 e. The van der Waals surface area contributed by atoms with Crippen LogP contribution in [0.3, 0.4) is 0 Å². The van der Waals surface area contributed by atoms with E-state index in [1.54, 1.807) is 0 Å². The van der Waals surface area contributed by atoms with Crippen molar-refractivity contribution in [2.45, 2.75) is 20.8 Å². The summed E-state index contributed by atoms with van der Waals surface area (Å²) in [7, 11) is 0. The first kappa shape index (κ1) is 14.1. The number of halogens is 2.